The van der Waals surface area contributed by atoms with Crippen LogP contribution in [-0.4, -0.2) is 4.98 Å². The van der Waals surface area contributed by atoms with E-state index in [0.29, 0.717) is 16.9 Å². The highest BCUT2D eigenvalue weighted by molar-refractivity contribution is 5.19. The maximum absolute atomic E-state index is 11.8. The van der Waals surface area contributed by atoms with Gasteiger partial charge in [0, 0.05) is 16.3 Å². The summed E-state index contributed by atoms with van der Waals surface area (Å²) < 4.78 is 11.8. The van der Waals surface area contributed by atoms with E-state index in [9.17, 15) is 4.39 Å². The van der Waals surface area contributed by atoms with Crippen molar-refractivity contribution in [1.29, 1.82) is 0 Å². The fourth-order valence-electron chi connectivity index (χ4n) is 0.764. The van der Waals surface area contributed by atoms with Crippen molar-refractivity contribution < 1.29 is 4.39 Å². The Balaban J connectivity index is 3.52. The van der Waals surface area contributed by atoms with Crippen LogP contribution in [0.3, 0.4) is 0 Å². The lowest BCUT2D eigenvalue weighted by molar-refractivity contribution is 0.797. The van der Waals surface area contributed by atoms with E-state index in [2.05, 4.69) is 11.6 Å². The molecule has 0 unspecified atom stereocenters. The molecule has 0 atom stereocenters. The maximum atomic E-state index is 11.8. The summed E-state index contributed by atoms with van der Waals surface area (Å²) in [7, 11) is 0. The Morgan fingerprint density at radius 2 is 2.44 bits per heavy atom. The van der Waals surface area contributed by atoms with E-state index >= 15 is 0 Å². The van der Waals surface area contributed by atoms with Crippen molar-refractivity contribution in [2.24, 2.45) is 0 Å². The second-order valence-electron chi connectivity index (χ2n) is 2.00. The minimum atomic E-state index is 0.535. The van der Waals surface area contributed by atoms with E-state index in [0.717, 1.165) is 5.69 Å². The van der Waals surface area contributed by atoms with Crippen LogP contribution in [0.2, 0.25) is 0 Å². The SMILES string of the molecule is C=c1[nH]c(C)c/c1=C\F. The van der Waals surface area contributed by atoms with Crippen LogP contribution in [0.4, 0.5) is 4.39 Å². The fraction of sp³-hybridized carbons (Fsp3) is 0.143. The molecule has 1 N–H and O–H groups in total. The topological polar surface area (TPSA) is 15.8 Å². The van der Waals surface area contributed by atoms with Gasteiger partial charge in [-0.3, -0.25) is 0 Å². The summed E-state index contributed by atoms with van der Waals surface area (Å²) >= 11 is 0. The number of rotatable bonds is 0. The fourth-order valence-corrected chi connectivity index (χ4v) is 0.764. The number of nitrogens with one attached hydrogen (secondary N) is 1. The van der Waals surface area contributed by atoms with E-state index in [4.69, 9.17) is 0 Å². The first-order chi connectivity index (χ1) is 4.24. The summed E-state index contributed by atoms with van der Waals surface area (Å²) in [4.78, 5) is 2.88. The van der Waals surface area contributed by atoms with Gasteiger partial charge in [-0.15, -0.1) is 0 Å². The molecule has 0 aliphatic rings. The van der Waals surface area contributed by atoms with Crippen LogP contribution in [0.25, 0.3) is 12.9 Å². The first-order valence-corrected chi connectivity index (χ1v) is 2.69. The van der Waals surface area contributed by atoms with Crippen LogP contribution in [-0.2, 0) is 0 Å². The molecule has 1 nitrogen and oxygen atoms in total. The summed E-state index contributed by atoms with van der Waals surface area (Å²) in [5.41, 5.74) is 0.934. The molecule has 2 heteroatoms. The van der Waals surface area contributed by atoms with E-state index in [1.807, 2.05) is 6.92 Å². The Hall–Kier alpha value is -1.05. The number of aryl methyl sites for hydroxylation is 1. The van der Waals surface area contributed by atoms with Crippen LogP contribution >= 0.6 is 0 Å². The average Bonchev–Trinajstić information content (AvgIpc) is 2.10. The molecule has 0 aliphatic heterocycles. The zero-order valence-electron chi connectivity index (χ0n) is 5.24. The van der Waals surface area contributed by atoms with Crippen LogP contribution in [0.15, 0.2) is 6.07 Å². The molecule has 9 heavy (non-hydrogen) atoms. The summed E-state index contributed by atoms with van der Waals surface area (Å²) in [6, 6.07) is 1.71. The van der Waals surface area contributed by atoms with Crippen LogP contribution < -0.4 is 10.6 Å². The number of hydrogen-bond acceptors (Lipinski definition) is 0. The van der Waals surface area contributed by atoms with Crippen molar-refractivity contribution in [2.45, 2.75) is 6.92 Å². The van der Waals surface area contributed by atoms with E-state index in [1.54, 1.807) is 6.07 Å². The molecule has 0 bridgehead atoms. The van der Waals surface area contributed by atoms with Gasteiger partial charge in [-0.2, -0.15) is 0 Å². The highest BCUT2D eigenvalue weighted by atomic mass is 19.1. The lowest BCUT2D eigenvalue weighted by Gasteiger charge is -1.72. The molecule has 0 spiro atoms. The molecule has 0 aromatic carbocycles. The van der Waals surface area contributed by atoms with E-state index < -0.39 is 0 Å². The Labute approximate surface area is 52.5 Å². The number of halogens is 1. The van der Waals surface area contributed by atoms with Crippen LogP contribution in [0, 0.1) is 6.92 Å². The second-order valence-corrected chi connectivity index (χ2v) is 2.00. The first kappa shape index (κ1) is 6.08. The zero-order chi connectivity index (χ0) is 6.85. The number of H-pyrrole nitrogens is 1. The highest BCUT2D eigenvalue weighted by Crippen LogP contribution is 1.77. The normalized spacial score (nSPS) is 12.4. The third-order valence-corrected chi connectivity index (χ3v) is 1.19. The standard InChI is InChI=1S/C7H8FN/c1-5-3-7(4-8)6(2)9-5/h3-4,9H,2H2,1H3/b7-4+. The van der Waals surface area contributed by atoms with Crippen molar-refractivity contribution in [3.63, 3.8) is 0 Å². The summed E-state index contributed by atoms with van der Waals surface area (Å²) in [6.45, 7) is 5.45. The predicted octanol–water partition coefficient (Wildman–Crippen LogP) is 0.441. The van der Waals surface area contributed by atoms with Gasteiger partial charge in [0.15, 0.2) is 0 Å². The van der Waals surface area contributed by atoms with Gasteiger partial charge in [0.05, 0.1) is 6.33 Å². The maximum Gasteiger partial charge on any atom is 0.0960 e. The largest absolute Gasteiger partial charge is 0.359 e. The quantitative estimate of drug-likeness (QED) is 0.518. The highest BCUT2D eigenvalue weighted by Gasteiger charge is 1.85. The summed E-state index contributed by atoms with van der Waals surface area (Å²) in [6.07, 6.45) is 0.547. The summed E-state index contributed by atoms with van der Waals surface area (Å²) in [5, 5.41) is 1.17. The Morgan fingerprint density at radius 1 is 1.78 bits per heavy atom. The van der Waals surface area contributed by atoms with Gasteiger partial charge in [0.25, 0.3) is 0 Å². The monoisotopic (exact) mass is 125 g/mol. The molecule has 0 radical (unpaired) electrons. The van der Waals surface area contributed by atoms with Gasteiger partial charge in [-0.1, -0.05) is 6.58 Å². The third kappa shape index (κ3) is 1.02. The molecule has 1 rings (SSSR count). The van der Waals surface area contributed by atoms with Crippen molar-refractivity contribution in [3.05, 3.63) is 22.3 Å². The van der Waals surface area contributed by atoms with Gasteiger partial charge in [0.2, 0.25) is 0 Å². The third-order valence-electron chi connectivity index (χ3n) is 1.19. The molecule has 0 saturated carbocycles. The van der Waals surface area contributed by atoms with Gasteiger partial charge in [-0.05, 0) is 13.0 Å². The van der Waals surface area contributed by atoms with Crippen LogP contribution in [0.1, 0.15) is 5.69 Å². The van der Waals surface area contributed by atoms with Crippen molar-refractivity contribution in [1.82, 2.24) is 4.98 Å². The first-order valence-electron chi connectivity index (χ1n) is 2.69. The minimum Gasteiger partial charge on any atom is -0.359 e. The molecule has 48 valence electrons. The molecule has 1 heterocycles. The van der Waals surface area contributed by atoms with Crippen molar-refractivity contribution in [2.75, 3.05) is 0 Å². The zero-order valence-corrected chi connectivity index (χ0v) is 5.24. The lowest BCUT2D eigenvalue weighted by Crippen LogP contribution is -2.18. The lowest BCUT2D eigenvalue weighted by atomic mass is 10.4. The molecular weight excluding hydrogens is 117 g/mol. The molecule has 0 amide bonds. The average molecular weight is 125 g/mol. The van der Waals surface area contributed by atoms with Gasteiger partial charge in [0.1, 0.15) is 0 Å². The Kier molecular flexibility index (Phi) is 1.39. The molecule has 0 aliphatic carbocycles. The number of hydrogen-bond donors (Lipinski definition) is 1. The molecule has 1 aromatic rings. The Bertz CT molecular complexity index is 297. The molecule has 0 saturated heterocycles. The molecule has 1 aromatic heterocycles. The predicted molar refractivity (Wildman–Crippen MR) is 35.9 cm³/mol. The van der Waals surface area contributed by atoms with Crippen LogP contribution in [0.5, 0.6) is 0 Å². The molecular formula is C7H8FN. The minimum absolute atomic E-state index is 0.535. The Morgan fingerprint density at radius 3 is 2.67 bits per heavy atom. The smallest absolute Gasteiger partial charge is 0.0960 e. The van der Waals surface area contributed by atoms with Gasteiger partial charge >= 0.3 is 0 Å². The number of aromatic amines is 1. The van der Waals surface area contributed by atoms with E-state index in [-0.39, 0.29) is 0 Å². The van der Waals surface area contributed by atoms with Gasteiger partial charge < -0.3 is 4.98 Å². The van der Waals surface area contributed by atoms with Crippen molar-refractivity contribution in [3.8, 4) is 0 Å². The van der Waals surface area contributed by atoms with Gasteiger partial charge in [-0.25, -0.2) is 4.39 Å². The molecule has 0 fully saturated rings. The van der Waals surface area contributed by atoms with E-state index in [1.165, 1.54) is 0 Å². The van der Waals surface area contributed by atoms with Crippen molar-refractivity contribution >= 4 is 12.9 Å². The summed E-state index contributed by atoms with van der Waals surface area (Å²) in [5.74, 6) is 0. The second kappa shape index (κ2) is 2.05. The number of aromatic nitrogens is 1.